The summed E-state index contributed by atoms with van der Waals surface area (Å²) in [5.74, 6) is -1.61. The molecule has 0 bridgehead atoms. The van der Waals surface area contributed by atoms with E-state index in [4.69, 9.17) is 9.84 Å². The molecule has 1 heterocycles. The number of aromatic nitrogens is 1. The Morgan fingerprint density at radius 3 is 2.21 bits per heavy atom. The molecular formula is C21H14F3N3O6. The van der Waals surface area contributed by atoms with E-state index < -0.39 is 28.9 Å². The van der Waals surface area contributed by atoms with Crippen LogP contribution in [0.2, 0.25) is 0 Å². The van der Waals surface area contributed by atoms with Gasteiger partial charge < -0.3 is 9.84 Å². The summed E-state index contributed by atoms with van der Waals surface area (Å²) in [6.45, 7) is -0.292. The molecule has 1 aromatic heterocycles. The Morgan fingerprint density at radius 1 is 1.03 bits per heavy atom. The van der Waals surface area contributed by atoms with Gasteiger partial charge in [0, 0.05) is 12.1 Å². The lowest BCUT2D eigenvalue weighted by Gasteiger charge is -2.22. The largest absolute Gasteiger partial charge is 0.478 e. The van der Waals surface area contributed by atoms with E-state index >= 15 is 0 Å². The second-order valence-electron chi connectivity index (χ2n) is 6.59. The Balaban J connectivity index is 1.92. The lowest BCUT2D eigenvalue weighted by molar-refractivity contribution is -0.384. The summed E-state index contributed by atoms with van der Waals surface area (Å²) in [7, 11) is 0. The van der Waals surface area contributed by atoms with E-state index in [2.05, 4.69) is 4.98 Å². The Kier molecular flexibility index (Phi) is 6.56. The number of nitro groups is 1. The van der Waals surface area contributed by atoms with Crippen LogP contribution in [0.3, 0.4) is 0 Å². The number of amides is 1. The van der Waals surface area contributed by atoms with Gasteiger partial charge in [-0.1, -0.05) is 18.2 Å². The third-order valence-corrected chi connectivity index (χ3v) is 4.32. The first kappa shape index (κ1) is 23.2. The molecule has 33 heavy (non-hydrogen) atoms. The lowest BCUT2D eigenvalue weighted by atomic mass is 10.1. The third kappa shape index (κ3) is 5.81. The molecular weight excluding hydrogens is 447 g/mol. The molecule has 0 aliphatic rings. The first-order valence-electron chi connectivity index (χ1n) is 9.15. The van der Waals surface area contributed by atoms with Crippen molar-refractivity contribution in [1.82, 2.24) is 4.98 Å². The minimum absolute atomic E-state index is 0.0176. The Morgan fingerprint density at radius 2 is 1.67 bits per heavy atom. The molecule has 9 nitrogen and oxygen atoms in total. The van der Waals surface area contributed by atoms with Crippen LogP contribution < -0.4 is 9.64 Å². The Hall–Kier alpha value is -4.48. The number of carboxylic acid groups (broad SMARTS) is 1. The van der Waals surface area contributed by atoms with E-state index in [0.29, 0.717) is 5.56 Å². The molecule has 0 atom stereocenters. The Labute approximate surface area is 183 Å². The number of rotatable bonds is 6. The molecule has 0 aliphatic carbocycles. The average Bonchev–Trinajstić information content (AvgIpc) is 2.77. The number of nitrogens with zero attached hydrogens (tertiary/aromatic N) is 3. The van der Waals surface area contributed by atoms with Crippen molar-refractivity contribution in [2.45, 2.75) is 12.7 Å². The topological polar surface area (TPSA) is 123 Å². The summed E-state index contributed by atoms with van der Waals surface area (Å²) in [4.78, 5) is 38.3. The van der Waals surface area contributed by atoms with Crippen LogP contribution in [0.25, 0.3) is 0 Å². The van der Waals surface area contributed by atoms with Gasteiger partial charge in [-0.25, -0.2) is 14.6 Å². The van der Waals surface area contributed by atoms with E-state index in [0.717, 1.165) is 41.3 Å². The maximum atomic E-state index is 13.1. The molecule has 0 spiro atoms. The summed E-state index contributed by atoms with van der Waals surface area (Å²) >= 11 is 0. The number of anilines is 1. The van der Waals surface area contributed by atoms with Crippen LogP contribution in [0.5, 0.6) is 5.75 Å². The highest BCUT2D eigenvalue weighted by atomic mass is 19.4. The molecule has 2 aromatic carbocycles. The second-order valence-corrected chi connectivity index (χ2v) is 6.59. The van der Waals surface area contributed by atoms with Gasteiger partial charge >= 0.3 is 18.2 Å². The maximum absolute atomic E-state index is 13.1. The standard InChI is InChI=1S/C21H14F3N3O6/c22-21(23,24)17-2-1-3-18(25-17)26(12-13-4-6-14(7-5-13)19(28)29)20(30)33-16-10-8-15(9-11-16)27(31)32/h1-11H,12H2,(H,28,29). The van der Waals surface area contributed by atoms with Gasteiger partial charge in [0.1, 0.15) is 17.3 Å². The normalized spacial score (nSPS) is 11.0. The van der Waals surface area contributed by atoms with Crippen molar-refractivity contribution in [3.63, 3.8) is 0 Å². The number of alkyl halides is 3. The van der Waals surface area contributed by atoms with E-state index in [1.54, 1.807) is 0 Å². The quantitative estimate of drug-likeness (QED) is 0.409. The zero-order valence-corrected chi connectivity index (χ0v) is 16.5. The average molecular weight is 461 g/mol. The monoisotopic (exact) mass is 461 g/mol. The zero-order valence-electron chi connectivity index (χ0n) is 16.5. The van der Waals surface area contributed by atoms with Gasteiger partial charge in [-0.3, -0.25) is 15.0 Å². The molecule has 0 aliphatic heterocycles. The van der Waals surface area contributed by atoms with Crippen LogP contribution >= 0.6 is 0 Å². The smallest absolute Gasteiger partial charge is 0.433 e. The number of hydrogen-bond acceptors (Lipinski definition) is 6. The molecule has 0 saturated carbocycles. The van der Waals surface area contributed by atoms with Crippen molar-refractivity contribution in [1.29, 1.82) is 0 Å². The molecule has 3 aromatic rings. The maximum Gasteiger partial charge on any atom is 0.433 e. The highest BCUT2D eigenvalue weighted by Crippen LogP contribution is 2.29. The van der Waals surface area contributed by atoms with Crippen LogP contribution in [0.1, 0.15) is 21.6 Å². The summed E-state index contributed by atoms with van der Waals surface area (Å²) in [5, 5.41) is 19.8. The fourth-order valence-electron chi connectivity index (χ4n) is 2.70. The highest BCUT2D eigenvalue weighted by Gasteiger charge is 2.33. The minimum Gasteiger partial charge on any atom is -0.478 e. The fourth-order valence-corrected chi connectivity index (χ4v) is 2.70. The number of carbonyl (C=O) groups is 2. The molecule has 3 rings (SSSR count). The first-order chi connectivity index (χ1) is 15.5. The number of carbonyl (C=O) groups excluding carboxylic acids is 1. The van der Waals surface area contributed by atoms with Crippen molar-refractivity contribution in [2.75, 3.05) is 4.90 Å². The second kappa shape index (κ2) is 9.34. The molecule has 0 saturated heterocycles. The van der Waals surface area contributed by atoms with Gasteiger partial charge in [-0.05, 0) is 42.0 Å². The number of non-ortho nitro benzene ring substituents is 1. The summed E-state index contributed by atoms with van der Waals surface area (Å²) in [6.07, 6.45) is -5.86. The minimum atomic E-state index is -4.76. The van der Waals surface area contributed by atoms with Gasteiger partial charge in [0.2, 0.25) is 0 Å². The number of ether oxygens (including phenoxy) is 1. The number of benzene rings is 2. The van der Waals surface area contributed by atoms with Gasteiger partial charge in [0.15, 0.2) is 0 Å². The van der Waals surface area contributed by atoms with Crippen molar-refractivity contribution < 1.29 is 37.5 Å². The van der Waals surface area contributed by atoms with Gasteiger partial charge in [-0.2, -0.15) is 13.2 Å². The predicted octanol–water partition coefficient (Wildman–Crippen LogP) is 4.91. The van der Waals surface area contributed by atoms with Crippen LogP contribution in [0.4, 0.5) is 29.5 Å². The molecule has 12 heteroatoms. The first-order valence-corrected chi connectivity index (χ1v) is 9.15. The molecule has 170 valence electrons. The molecule has 1 N–H and O–H groups in total. The molecule has 0 unspecified atom stereocenters. The molecule has 0 radical (unpaired) electrons. The number of hydrogen-bond donors (Lipinski definition) is 1. The third-order valence-electron chi connectivity index (χ3n) is 4.32. The SMILES string of the molecule is O=C(O)c1ccc(CN(C(=O)Oc2ccc([N+](=O)[O-])cc2)c2cccc(C(F)(F)F)n2)cc1. The van der Waals surface area contributed by atoms with E-state index in [1.807, 2.05) is 0 Å². The zero-order chi connectivity index (χ0) is 24.2. The van der Waals surface area contributed by atoms with Crippen LogP contribution in [-0.2, 0) is 12.7 Å². The number of pyridine rings is 1. The van der Waals surface area contributed by atoms with Crippen LogP contribution in [0, 0.1) is 10.1 Å². The van der Waals surface area contributed by atoms with Crippen molar-refractivity contribution >= 4 is 23.6 Å². The lowest BCUT2D eigenvalue weighted by Crippen LogP contribution is -2.34. The van der Waals surface area contributed by atoms with E-state index in [9.17, 15) is 32.9 Å². The number of carboxylic acids is 1. The Bertz CT molecular complexity index is 1180. The fraction of sp³-hybridized carbons (Fsp3) is 0.0952. The van der Waals surface area contributed by atoms with Crippen LogP contribution in [-0.4, -0.2) is 27.1 Å². The van der Waals surface area contributed by atoms with Crippen molar-refractivity contribution in [3.05, 3.63) is 93.7 Å². The summed E-state index contributed by atoms with van der Waals surface area (Å²) in [5.41, 5.74) is -1.10. The van der Waals surface area contributed by atoms with Crippen molar-refractivity contribution in [2.24, 2.45) is 0 Å². The highest BCUT2D eigenvalue weighted by molar-refractivity contribution is 5.89. The summed E-state index contributed by atoms with van der Waals surface area (Å²) in [6, 6.07) is 12.8. The predicted molar refractivity (Wildman–Crippen MR) is 108 cm³/mol. The summed E-state index contributed by atoms with van der Waals surface area (Å²) < 4.78 is 44.5. The van der Waals surface area contributed by atoms with Gasteiger partial charge in [0.05, 0.1) is 17.0 Å². The molecule has 0 fully saturated rings. The van der Waals surface area contributed by atoms with Gasteiger partial charge in [0.25, 0.3) is 5.69 Å². The van der Waals surface area contributed by atoms with Gasteiger partial charge in [-0.15, -0.1) is 0 Å². The number of nitro benzene ring substituents is 1. The van der Waals surface area contributed by atoms with E-state index in [-0.39, 0.29) is 29.4 Å². The van der Waals surface area contributed by atoms with Crippen molar-refractivity contribution in [3.8, 4) is 5.75 Å². The molecule has 1 amide bonds. The number of aromatic carboxylic acids is 1. The van der Waals surface area contributed by atoms with Crippen LogP contribution in [0.15, 0.2) is 66.7 Å². The number of halogens is 3. The van der Waals surface area contributed by atoms with E-state index in [1.165, 1.54) is 30.3 Å².